The Hall–Kier alpha value is -4.37. The molecular weight excluding hydrogens is 486 g/mol. The van der Waals surface area contributed by atoms with E-state index in [-0.39, 0.29) is 18.4 Å². The van der Waals surface area contributed by atoms with Gasteiger partial charge in [0.2, 0.25) is 5.91 Å². The molecule has 4 rings (SSSR count). The number of ether oxygens (including phenoxy) is 3. The quantitative estimate of drug-likeness (QED) is 0.393. The first-order valence-corrected chi connectivity index (χ1v) is 12.2. The summed E-state index contributed by atoms with van der Waals surface area (Å²) in [5, 5.41) is 5.69. The van der Waals surface area contributed by atoms with Crippen LogP contribution in [0, 0.1) is 6.92 Å². The highest BCUT2D eigenvalue weighted by molar-refractivity contribution is 6.04. The lowest BCUT2D eigenvalue weighted by Gasteiger charge is -2.24. The van der Waals surface area contributed by atoms with Crippen molar-refractivity contribution in [3.8, 4) is 5.75 Å². The molecule has 9 heteroatoms. The summed E-state index contributed by atoms with van der Waals surface area (Å²) in [4.78, 5) is 40.2. The van der Waals surface area contributed by atoms with Crippen LogP contribution in [0.15, 0.2) is 72.8 Å². The molecule has 0 aromatic heterocycles. The van der Waals surface area contributed by atoms with Crippen LogP contribution in [0.3, 0.4) is 0 Å². The Morgan fingerprint density at radius 3 is 2.42 bits per heavy atom. The maximum Gasteiger partial charge on any atom is 0.411 e. The molecule has 0 aliphatic carbocycles. The van der Waals surface area contributed by atoms with Crippen molar-refractivity contribution < 1.29 is 28.6 Å². The van der Waals surface area contributed by atoms with Gasteiger partial charge in [-0.2, -0.15) is 0 Å². The van der Waals surface area contributed by atoms with Gasteiger partial charge in [0.25, 0.3) is 5.91 Å². The summed E-state index contributed by atoms with van der Waals surface area (Å²) in [7, 11) is 3.11. The maximum atomic E-state index is 13.2. The minimum absolute atomic E-state index is 0.166. The molecule has 3 aromatic rings. The summed E-state index contributed by atoms with van der Waals surface area (Å²) < 4.78 is 16.0. The third-order valence-corrected chi connectivity index (χ3v) is 6.26. The predicted octanol–water partition coefficient (Wildman–Crippen LogP) is 4.08. The second kappa shape index (κ2) is 12.2. The Bertz CT molecular complexity index is 1280. The van der Waals surface area contributed by atoms with Crippen molar-refractivity contribution in [1.82, 2.24) is 10.2 Å². The van der Waals surface area contributed by atoms with Gasteiger partial charge in [-0.25, -0.2) is 4.79 Å². The van der Waals surface area contributed by atoms with Crippen LogP contribution in [0.25, 0.3) is 0 Å². The number of nitrogens with one attached hydrogen (secondary N) is 2. The first kappa shape index (κ1) is 26.7. The molecule has 0 unspecified atom stereocenters. The zero-order valence-electron chi connectivity index (χ0n) is 21.6. The normalized spacial score (nSPS) is 16.6. The van der Waals surface area contributed by atoms with Crippen LogP contribution in [-0.4, -0.2) is 56.2 Å². The monoisotopic (exact) mass is 517 g/mol. The number of rotatable bonds is 10. The molecule has 0 saturated carbocycles. The Kier molecular flexibility index (Phi) is 8.60. The van der Waals surface area contributed by atoms with E-state index < -0.39 is 18.2 Å². The van der Waals surface area contributed by atoms with Gasteiger partial charge in [0.15, 0.2) is 12.1 Å². The average Bonchev–Trinajstić information content (AvgIpc) is 3.25. The van der Waals surface area contributed by atoms with Gasteiger partial charge in [-0.3, -0.25) is 14.5 Å². The number of carbonyl (C=O) groups excluding carboxylic acids is 3. The van der Waals surface area contributed by atoms with Gasteiger partial charge in [-0.1, -0.05) is 42.0 Å². The molecule has 0 spiro atoms. The Balaban J connectivity index is 1.54. The average molecular weight is 518 g/mol. The van der Waals surface area contributed by atoms with Gasteiger partial charge >= 0.3 is 6.09 Å². The standard InChI is InChI=1S/C29H31N3O6/c1-19-7-9-22(10-8-19)27(33)31-23-13-11-21(12-14-23)26-25(28(34)30-15-16-36-2)32(29(35)38-26)18-20-5-4-6-24(17-20)37-3/h4-14,17,25-26H,15-16,18H2,1-3H3,(H,30,34)(H,31,33)/t25-,26+/m1/s1. The van der Waals surface area contributed by atoms with Crippen LogP contribution in [0.4, 0.5) is 10.5 Å². The predicted molar refractivity (Wildman–Crippen MR) is 142 cm³/mol. The number of hydrogen-bond donors (Lipinski definition) is 2. The van der Waals surface area contributed by atoms with Gasteiger partial charge in [-0.15, -0.1) is 0 Å². The smallest absolute Gasteiger partial charge is 0.411 e. The van der Waals surface area contributed by atoms with E-state index in [1.165, 1.54) is 4.90 Å². The number of anilines is 1. The van der Waals surface area contributed by atoms with Crippen molar-refractivity contribution in [3.63, 3.8) is 0 Å². The number of aryl methyl sites for hydroxylation is 1. The largest absolute Gasteiger partial charge is 0.497 e. The van der Waals surface area contributed by atoms with Crippen LogP contribution >= 0.6 is 0 Å². The molecule has 0 radical (unpaired) electrons. The van der Waals surface area contributed by atoms with Crippen LogP contribution in [0.5, 0.6) is 5.75 Å². The molecular formula is C29H31N3O6. The fourth-order valence-corrected chi connectivity index (χ4v) is 4.22. The molecule has 1 heterocycles. The number of amides is 3. The van der Waals surface area contributed by atoms with E-state index in [9.17, 15) is 14.4 Å². The number of hydrogen-bond acceptors (Lipinski definition) is 6. The molecule has 3 amide bonds. The maximum absolute atomic E-state index is 13.2. The second-order valence-corrected chi connectivity index (χ2v) is 8.95. The molecule has 2 N–H and O–H groups in total. The zero-order chi connectivity index (χ0) is 27.1. The summed E-state index contributed by atoms with van der Waals surface area (Å²) in [6.45, 7) is 2.76. The summed E-state index contributed by atoms with van der Waals surface area (Å²) >= 11 is 0. The Morgan fingerprint density at radius 2 is 1.74 bits per heavy atom. The summed E-state index contributed by atoms with van der Waals surface area (Å²) in [6.07, 6.45) is -1.43. The molecule has 9 nitrogen and oxygen atoms in total. The van der Waals surface area contributed by atoms with E-state index in [0.717, 1.165) is 11.1 Å². The van der Waals surface area contributed by atoms with E-state index in [1.807, 2.05) is 43.3 Å². The van der Waals surface area contributed by atoms with Crippen LogP contribution in [-0.2, 0) is 20.8 Å². The second-order valence-electron chi connectivity index (χ2n) is 8.95. The Labute approximate surface area is 221 Å². The molecule has 1 aliphatic rings. The zero-order valence-corrected chi connectivity index (χ0v) is 21.6. The van der Waals surface area contributed by atoms with Gasteiger partial charge in [0.1, 0.15) is 5.75 Å². The van der Waals surface area contributed by atoms with Crippen molar-refractivity contribution in [2.75, 3.05) is 32.7 Å². The van der Waals surface area contributed by atoms with E-state index in [0.29, 0.717) is 35.7 Å². The van der Waals surface area contributed by atoms with Crippen molar-refractivity contribution in [3.05, 3.63) is 95.1 Å². The number of benzene rings is 3. The summed E-state index contributed by atoms with van der Waals surface area (Å²) in [5.41, 5.74) is 3.62. The van der Waals surface area contributed by atoms with Crippen molar-refractivity contribution in [2.24, 2.45) is 0 Å². The molecule has 38 heavy (non-hydrogen) atoms. The molecule has 3 aromatic carbocycles. The minimum atomic E-state index is -0.904. The highest BCUT2D eigenvalue weighted by atomic mass is 16.6. The van der Waals surface area contributed by atoms with Crippen molar-refractivity contribution >= 4 is 23.6 Å². The number of methoxy groups -OCH3 is 2. The molecule has 1 fully saturated rings. The Morgan fingerprint density at radius 1 is 1.00 bits per heavy atom. The lowest BCUT2D eigenvalue weighted by Crippen LogP contribution is -2.47. The van der Waals surface area contributed by atoms with E-state index in [2.05, 4.69) is 10.6 Å². The van der Waals surface area contributed by atoms with E-state index >= 15 is 0 Å². The lowest BCUT2D eigenvalue weighted by molar-refractivity contribution is -0.126. The number of nitrogens with zero attached hydrogens (tertiary/aromatic N) is 1. The number of cyclic esters (lactones) is 1. The summed E-state index contributed by atoms with van der Waals surface area (Å²) in [6, 6.07) is 20.6. The number of carbonyl (C=O) groups is 3. The molecule has 0 bridgehead atoms. The van der Waals surface area contributed by atoms with E-state index in [1.54, 1.807) is 50.6 Å². The lowest BCUT2D eigenvalue weighted by atomic mass is 10.00. The van der Waals surface area contributed by atoms with Gasteiger partial charge in [0, 0.05) is 24.9 Å². The third kappa shape index (κ3) is 6.30. The fourth-order valence-electron chi connectivity index (χ4n) is 4.22. The minimum Gasteiger partial charge on any atom is -0.497 e. The van der Waals surface area contributed by atoms with Crippen LogP contribution < -0.4 is 15.4 Å². The van der Waals surface area contributed by atoms with Crippen molar-refractivity contribution in [2.45, 2.75) is 25.6 Å². The van der Waals surface area contributed by atoms with Gasteiger partial charge < -0.3 is 24.8 Å². The third-order valence-electron chi connectivity index (χ3n) is 6.26. The fraction of sp³-hybridized carbons (Fsp3) is 0.276. The molecule has 2 atom stereocenters. The first-order valence-electron chi connectivity index (χ1n) is 12.2. The molecule has 1 saturated heterocycles. The topological polar surface area (TPSA) is 106 Å². The molecule has 198 valence electrons. The van der Waals surface area contributed by atoms with Crippen LogP contribution in [0.1, 0.15) is 33.2 Å². The molecule has 1 aliphatic heterocycles. The highest BCUT2D eigenvalue weighted by Gasteiger charge is 2.46. The van der Waals surface area contributed by atoms with E-state index in [4.69, 9.17) is 14.2 Å². The highest BCUT2D eigenvalue weighted by Crippen LogP contribution is 2.35. The van der Waals surface area contributed by atoms with Crippen LogP contribution in [0.2, 0.25) is 0 Å². The van der Waals surface area contributed by atoms with Gasteiger partial charge in [0.05, 0.1) is 20.3 Å². The van der Waals surface area contributed by atoms with Gasteiger partial charge in [-0.05, 0) is 54.4 Å². The summed E-state index contributed by atoms with van der Waals surface area (Å²) in [5.74, 6) is 0.0680. The SMILES string of the molecule is COCCNC(=O)[C@H]1[C@H](c2ccc(NC(=O)c3ccc(C)cc3)cc2)OC(=O)N1Cc1cccc(OC)c1. The first-order chi connectivity index (χ1) is 18.4. The van der Waals surface area contributed by atoms with Crippen molar-refractivity contribution in [1.29, 1.82) is 0 Å².